The summed E-state index contributed by atoms with van der Waals surface area (Å²) in [6, 6.07) is 3.35. The third-order valence-electron chi connectivity index (χ3n) is 3.61. The second-order valence-corrected chi connectivity index (χ2v) is 5.09. The number of methoxy groups -OCH3 is 1. The van der Waals surface area contributed by atoms with E-state index >= 15 is 0 Å². The van der Waals surface area contributed by atoms with Crippen molar-refractivity contribution >= 4 is 11.9 Å². The zero-order valence-corrected chi connectivity index (χ0v) is 11.7. The van der Waals surface area contributed by atoms with E-state index in [0.29, 0.717) is 11.3 Å². The Kier molecular flexibility index (Phi) is 5.09. The molecule has 0 aliphatic heterocycles. The molecule has 0 radical (unpaired) electrons. The van der Waals surface area contributed by atoms with Crippen LogP contribution >= 0.6 is 0 Å². The van der Waals surface area contributed by atoms with Crippen LogP contribution in [0.5, 0.6) is 0 Å². The van der Waals surface area contributed by atoms with Crippen molar-refractivity contribution in [3.63, 3.8) is 0 Å². The molecule has 1 amide bonds. The van der Waals surface area contributed by atoms with Crippen LogP contribution in [0, 0.1) is 0 Å². The highest BCUT2D eigenvalue weighted by molar-refractivity contribution is 5.94. The topological polar surface area (TPSA) is 68.3 Å². The SMILES string of the molecule is COC(=O)c1ccc(C(=O)NC2CCCCCC2)nc1. The number of esters is 1. The molecule has 1 heterocycles. The maximum atomic E-state index is 12.1. The Morgan fingerprint density at radius 3 is 2.45 bits per heavy atom. The van der Waals surface area contributed by atoms with Crippen molar-refractivity contribution in [3.05, 3.63) is 29.6 Å². The van der Waals surface area contributed by atoms with E-state index in [4.69, 9.17) is 0 Å². The smallest absolute Gasteiger partial charge is 0.339 e. The molecule has 0 bridgehead atoms. The number of hydrogen-bond acceptors (Lipinski definition) is 4. The molecular formula is C15H20N2O3. The molecule has 1 aliphatic carbocycles. The van der Waals surface area contributed by atoms with Gasteiger partial charge in [0.15, 0.2) is 0 Å². The second-order valence-electron chi connectivity index (χ2n) is 5.09. The molecule has 5 nitrogen and oxygen atoms in total. The number of carbonyl (C=O) groups is 2. The Hall–Kier alpha value is -1.91. The van der Waals surface area contributed by atoms with Gasteiger partial charge in [-0.05, 0) is 25.0 Å². The fourth-order valence-corrected chi connectivity index (χ4v) is 2.45. The Bertz CT molecular complexity index is 463. The minimum atomic E-state index is -0.451. The van der Waals surface area contributed by atoms with E-state index in [-0.39, 0.29) is 11.9 Å². The van der Waals surface area contributed by atoms with Gasteiger partial charge in [-0.1, -0.05) is 25.7 Å². The Balaban J connectivity index is 1.96. The summed E-state index contributed by atoms with van der Waals surface area (Å²) in [5.41, 5.74) is 0.681. The van der Waals surface area contributed by atoms with Crippen molar-refractivity contribution < 1.29 is 14.3 Å². The summed E-state index contributed by atoms with van der Waals surface area (Å²) in [6.07, 6.45) is 8.27. The minimum Gasteiger partial charge on any atom is -0.465 e. The number of nitrogens with zero attached hydrogens (tertiary/aromatic N) is 1. The quantitative estimate of drug-likeness (QED) is 0.679. The third kappa shape index (κ3) is 3.79. The molecule has 1 aromatic heterocycles. The van der Waals surface area contributed by atoms with E-state index in [2.05, 4.69) is 15.0 Å². The maximum absolute atomic E-state index is 12.1. The van der Waals surface area contributed by atoms with Crippen molar-refractivity contribution in [2.24, 2.45) is 0 Å². The molecule has 1 aromatic rings. The molecule has 5 heteroatoms. The molecule has 108 valence electrons. The normalized spacial score (nSPS) is 16.2. The molecule has 2 rings (SSSR count). The number of carbonyl (C=O) groups excluding carboxylic acids is 2. The fourth-order valence-electron chi connectivity index (χ4n) is 2.45. The first kappa shape index (κ1) is 14.5. The molecule has 1 fully saturated rings. The second kappa shape index (κ2) is 7.03. The van der Waals surface area contributed by atoms with Crippen LogP contribution in [0.4, 0.5) is 0 Å². The highest BCUT2D eigenvalue weighted by atomic mass is 16.5. The van der Waals surface area contributed by atoms with Crippen molar-refractivity contribution in [3.8, 4) is 0 Å². The van der Waals surface area contributed by atoms with Crippen LogP contribution in [0.15, 0.2) is 18.3 Å². The zero-order valence-electron chi connectivity index (χ0n) is 11.7. The molecule has 1 saturated carbocycles. The van der Waals surface area contributed by atoms with Gasteiger partial charge in [0.2, 0.25) is 0 Å². The summed E-state index contributed by atoms with van der Waals surface area (Å²) in [5.74, 6) is -0.624. The van der Waals surface area contributed by atoms with Crippen molar-refractivity contribution in [1.29, 1.82) is 0 Å². The van der Waals surface area contributed by atoms with E-state index in [9.17, 15) is 9.59 Å². The van der Waals surface area contributed by atoms with Crippen LogP contribution in [0.2, 0.25) is 0 Å². The first-order chi connectivity index (χ1) is 9.70. The lowest BCUT2D eigenvalue weighted by Gasteiger charge is -2.15. The van der Waals surface area contributed by atoms with E-state index < -0.39 is 5.97 Å². The van der Waals surface area contributed by atoms with Gasteiger partial charge in [-0.2, -0.15) is 0 Å². The number of ether oxygens (including phenoxy) is 1. The molecule has 0 saturated heterocycles. The lowest BCUT2D eigenvalue weighted by molar-refractivity contribution is 0.0599. The van der Waals surface area contributed by atoms with Crippen LogP contribution < -0.4 is 5.32 Å². The van der Waals surface area contributed by atoms with E-state index in [1.54, 1.807) is 12.1 Å². The molecule has 0 unspecified atom stereocenters. The summed E-state index contributed by atoms with van der Waals surface area (Å²) in [6.45, 7) is 0. The Morgan fingerprint density at radius 1 is 1.20 bits per heavy atom. The summed E-state index contributed by atoms with van der Waals surface area (Å²) in [4.78, 5) is 27.4. The predicted molar refractivity (Wildman–Crippen MR) is 74.5 cm³/mol. The van der Waals surface area contributed by atoms with Gasteiger partial charge in [0.1, 0.15) is 5.69 Å². The summed E-state index contributed by atoms with van der Waals surface area (Å²) in [5, 5.41) is 3.02. The largest absolute Gasteiger partial charge is 0.465 e. The average Bonchev–Trinajstić information content (AvgIpc) is 2.75. The summed E-state index contributed by atoms with van der Waals surface area (Å²) < 4.78 is 4.59. The number of aromatic nitrogens is 1. The Morgan fingerprint density at radius 2 is 1.90 bits per heavy atom. The highest BCUT2D eigenvalue weighted by Gasteiger charge is 2.17. The number of hydrogen-bond donors (Lipinski definition) is 1. The first-order valence-corrected chi connectivity index (χ1v) is 7.06. The van der Waals surface area contributed by atoms with Crippen LogP contribution in [0.25, 0.3) is 0 Å². The molecule has 1 N–H and O–H groups in total. The zero-order chi connectivity index (χ0) is 14.4. The third-order valence-corrected chi connectivity index (χ3v) is 3.61. The first-order valence-electron chi connectivity index (χ1n) is 7.06. The van der Waals surface area contributed by atoms with Gasteiger partial charge in [-0.25, -0.2) is 4.79 Å². The lowest BCUT2D eigenvalue weighted by atomic mass is 10.1. The highest BCUT2D eigenvalue weighted by Crippen LogP contribution is 2.17. The standard InChI is InChI=1S/C15H20N2O3/c1-20-15(19)11-8-9-13(16-10-11)14(18)17-12-6-4-2-3-5-7-12/h8-10,12H,2-7H2,1H3,(H,17,18). The summed E-state index contributed by atoms with van der Waals surface area (Å²) in [7, 11) is 1.31. The number of pyridine rings is 1. The van der Waals surface area contributed by atoms with Crippen molar-refractivity contribution in [2.75, 3.05) is 7.11 Å². The molecule has 0 aromatic carbocycles. The van der Waals surface area contributed by atoms with E-state index in [1.165, 1.54) is 39.0 Å². The maximum Gasteiger partial charge on any atom is 0.339 e. The van der Waals surface area contributed by atoms with Gasteiger partial charge >= 0.3 is 5.97 Å². The molecule has 0 spiro atoms. The van der Waals surface area contributed by atoms with E-state index in [1.807, 2.05) is 0 Å². The monoisotopic (exact) mass is 276 g/mol. The van der Waals surface area contributed by atoms with Gasteiger partial charge in [-0.15, -0.1) is 0 Å². The number of nitrogens with one attached hydrogen (secondary N) is 1. The van der Waals surface area contributed by atoms with Gasteiger partial charge in [0.25, 0.3) is 5.91 Å². The summed E-state index contributed by atoms with van der Waals surface area (Å²) >= 11 is 0. The number of amides is 1. The molecule has 0 atom stereocenters. The molecule has 1 aliphatic rings. The Labute approximate surface area is 118 Å². The fraction of sp³-hybridized carbons (Fsp3) is 0.533. The van der Waals surface area contributed by atoms with Crippen LogP contribution in [-0.4, -0.2) is 30.0 Å². The van der Waals surface area contributed by atoms with Crippen molar-refractivity contribution in [1.82, 2.24) is 10.3 Å². The van der Waals surface area contributed by atoms with Crippen LogP contribution in [-0.2, 0) is 4.74 Å². The average molecular weight is 276 g/mol. The van der Waals surface area contributed by atoms with Gasteiger partial charge < -0.3 is 10.1 Å². The lowest BCUT2D eigenvalue weighted by Crippen LogP contribution is -2.34. The van der Waals surface area contributed by atoms with Crippen LogP contribution in [0.3, 0.4) is 0 Å². The van der Waals surface area contributed by atoms with Crippen LogP contribution in [0.1, 0.15) is 59.4 Å². The van der Waals surface area contributed by atoms with Crippen molar-refractivity contribution in [2.45, 2.75) is 44.6 Å². The van der Waals surface area contributed by atoms with E-state index in [0.717, 1.165) is 12.8 Å². The number of rotatable bonds is 3. The molecule has 20 heavy (non-hydrogen) atoms. The molecular weight excluding hydrogens is 256 g/mol. The van der Waals surface area contributed by atoms with Gasteiger partial charge in [-0.3, -0.25) is 9.78 Å². The minimum absolute atomic E-state index is 0.173. The predicted octanol–water partition coefficient (Wildman–Crippen LogP) is 2.32. The van der Waals surface area contributed by atoms with Gasteiger partial charge in [0, 0.05) is 12.2 Å². The van der Waals surface area contributed by atoms with Gasteiger partial charge in [0.05, 0.1) is 12.7 Å².